The van der Waals surface area contributed by atoms with Crippen molar-refractivity contribution in [2.45, 2.75) is 39.5 Å². The monoisotopic (exact) mass is 171 g/mol. The van der Waals surface area contributed by atoms with Crippen LogP contribution < -0.4 is 0 Å². The Morgan fingerprint density at radius 3 is 2.25 bits per heavy atom. The largest absolute Gasteiger partial charge is 0.633 e. The Morgan fingerprint density at radius 1 is 1.17 bits per heavy atom. The smallest absolute Gasteiger partial charge is 0.0786 e. The van der Waals surface area contributed by atoms with E-state index in [0.717, 1.165) is 38.9 Å². The maximum atomic E-state index is 12.0. The molecular weight excluding hydrogens is 150 g/mol. The molecule has 0 aromatic heterocycles. The van der Waals surface area contributed by atoms with Gasteiger partial charge in [0.2, 0.25) is 0 Å². The summed E-state index contributed by atoms with van der Waals surface area (Å²) in [5.41, 5.74) is 0. The van der Waals surface area contributed by atoms with Gasteiger partial charge in [0.05, 0.1) is 19.6 Å². The van der Waals surface area contributed by atoms with Crippen LogP contribution in [0, 0.1) is 11.1 Å². The summed E-state index contributed by atoms with van der Waals surface area (Å²) in [6.07, 6.45) is 4.64. The third-order valence-corrected chi connectivity index (χ3v) is 2.75. The third kappa shape index (κ3) is 3.11. The van der Waals surface area contributed by atoms with Crippen molar-refractivity contribution in [2.24, 2.45) is 5.92 Å². The van der Waals surface area contributed by atoms with Crippen LogP contribution in [0.1, 0.15) is 39.5 Å². The molecule has 0 saturated carbocycles. The maximum absolute atomic E-state index is 12.0. The lowest BCUT2D eigenvalue weighted by Crippen LogP contribution is -2.47. The number of hydrogen-bond donors (Lipinski definition) is 0. The van der Waals surface area contributed by atoms with Crippen LogP contribution in [0.15, 0.2) is 0 Å². The van der Waals surface area contributed by atoms with Crippen molar-refractivity contribution in [1.82, 2.24) is 0 Å². The molecule has 0 unspecified atom stereocenters. The number of hydroxylamine groups is 3. The number of quaternary nitrogens is 1. The zero-order chi connectivity index (χ0) is 9.03. The first-order valence-corrected chi connectivity index (χ1v) is 5.19. The first-order valence-electron chi connectivity index (χ1n) is 5.19. The fraction of sp³-hybridized carbons (Fsp3) is 1.00. The Morgan fingerprint density at radius 2 is 1.75 bits per heavy atom. The molecular formula is C10H21NO. The second-order valence-electron chi connectivity index (χ2n) is 4.47. The van der Waals surface area contributed by atoms with E-state index in [1.165, 1.54) is 6.42 Å². The van der Waals surface area contributed by atoms with E-state index in [1.807, 2.05) is 0 Å². The van der Waals surface area contributed by atoms with Crippen LogP contribution in [0.4, 0.5) is 0 Å². The Hall–Kier alpha value is -0.0800. The molecule has 2 nitrogen and oxygen atoms in total. The summed E-state index contributed by atoms with van der Waals surface area (Å²) in [5, 5.41) is 12.0. The molecule has 1 fully saturated rings. The van der Waals surface area contributed by atoms with Crippen molar-refractivity contribution < 1.29 is 4.65 Å². The highest BCUT2D eigenvalue weighted by atomic mass is 16.5. The molecule has 0 amide bonds. The van der Waals surface area contributed by atoms with Crippen LogP contribution in [-0.4, -0.2) is 24.3 Å². The average Bonchev–Trinajstić information content (AvgIpc) is 2.03. The van der Waals surface area contributed by atoms with E-state index in [4.69, 9.17) is 0 Å². The van der Waals surface area contributed by atoms with E-state index < -0.39 is 0 Å². The number of piperidine rings is 1. The van der Waals surface area contributed by atoms with Gasteiger partial charge in [-0.1, -0.05) is 13.8 Å². The number of nitrogens with zero attached hydrogens (tertiary/aromatic N) is 1. The Labute approximate surface area is 75.7 Å². The van der Waals surface area contributed by atoms with Gasteiger partial charge in [-0.25, -0.2) is 0 Å². The molecule has 1 saturated heterocycles. The van der Waals surface area contributed by atoms with Gasteiger partial charge >= 0.3 is 0 Å². The van der Waals surface area contributed by atoms with Gasteiger partial charge in [-0.15, -0.1) is 0 Å². The second-order valence-corrected chi connectivity index (χ2v) is 4.47. The molecule has 1 aliphatic rings. The minimum absolute atomic E-state index is 0.0954. The minimum atomic E-state index is 0.0954. The minimum Gasteiger partial charge on any atom is -0.633 e. The Kier molecular flexibility index (Phi) is 3.53. The van der Waals surface area contributed by atoms with Gasteiger partial charge in [-0.3, -0.25) is 0 Å². The van der Waals surface area contributed by atoms with Crippen molar-refractivity contribution in [3.63, 3.8) is 0 Å². The molecule has 2 heteroatoms. The van der Waals surface area contributed by atoms with Crippen molar-refractivity contribution in [1.29, 1.82) is 0 Å². The molecule has 0 N–H and O–H groups in total. The van der Waals surface area contributed by atoms with E-state index in [2.05, 4.69) is 13.8 Å². The zero-order valence-electron chi connectivity index (χ0n) is 8.38. The first kappa shape index (κ1) is 10.0. The Bertz CT molecular complexity index is 128. The summed E-state index contributed by atoms with van der Waals surface area (Å²) < 4.78 is 0.0954. The molecule has 0 aliphatic carbocycles. The number of rotatable bonds is 3. The normalized spacial score (nSPS) is 23.0. The van der Waals surface area contributed by atoms with Crippen LogP contribution in [0.25, 0.3) is 0 Å². The van der Waals surface area contributed by atoms with Gasteiger partial charge in [-0.05, 0) is 31.6 Å². The topological polar surface area (TPSA) is 23.1 Å². The third-order valence-electron chi connectivity index (χ3n) is 2.75. The molecule has 0 atom stereocenters. The second kappa shape index (κ2) is 4.24. The fourth-order valence-electron chi connectivity index (χ4n) is 1.81. The summed E-state index contributed by atoms with van der Waals surface area (Å²) in [5.74, 6) is 0.677. The quantitative estimate of drug-likeness (QED) is 0.472. The molecule has 12 heavy (non-hydrogen) atoms. The van der Waals surface area contributed by atoms with Crippen molar-refractivity contribution in [3.8, 4) is 0 Å². The van der Waals surface area contributed by atoms with Crippen molar-refractivity contribution in [3.05, 3.63) is 5.21 Å². The van der Waals surface area contributed by atoms with Gasteiger partial charge in [0.25, 0.3) is 0 Å². The van der Waals surface area contributed by atoms with Crippen LogP contribution in [0.3, 0.4) is 0 Å². The first-order chi connectivity index (χ1) is 5.62. The SMILES string of the molecule is CC(C)CC[N+]1([O-])CCCCC1. The van der Waals surface area contributed by atoms with Gasteiger partial charge in [-0.2, -0.15) is 0 Å². The lowest BCUT2D eigenvalue weighted by Gasteiger charge is -2.45. The molecule has 0 aromatic carbocycles. The molecule has 0 radical (unpaired) electrons. The maximum Gasteiger partial charge on any atom is 0.0786 e. The van der Waals surface area contributed by atoms with E-state index in [1.54, 1.807) is 0 Å². The van der Waals surface area contributed by atoms with Gasteiger partial charge in [0.1, 0.15) is 0 Å². The highest BCUT2D eigenvalue weighted by molar-refractivity contribution is 4.55. The zero-order valence-corrected chi connectivity index (χ0v) is 8.38. The van der Waals surface area contributed by atoms with Crippen molar-refractivity contribution in [2.75, 3.05) is 19.6 Å². The van der Waals surface area contributed by atoms with E-state index in [-0.39, 0.29) is 4.65 Å². The summed E-state index contributed by atoms with van der Waals surface area (Å²) >= 11 is 0. The Balaban J connectivity index is 2.26. The average molecular weight is 171 g/mol. The van der Waals surface area contributed by atoms with Crippen LogP contribution in [0.2, 0.25) is 0 Å². The molecule has 1 heterocycles. The molecule has 72 valence electrons. The van der Waals surface area contributed by atoms with Gasteiger partial charge in [0.15, 0.2) is 0 Å². The number of likely N-dealkylation sites (tertiary alicyclic amines) is 1. The highest BCUT2D eigenvalue weighted by Crippen LogP contribution is 2.18. The molecule has 0 spiro atoms. The predicted octanol–water partition coefficient (Wildman–Crippen LogP) is 2.53. The van der Waals surface area contributed by atoms with Crippen LogP contribution in [-0.2, 0) is 0 Å². The molecule has 0 aromatic rings. The van der Waals surface area contributed by atoms with E-state index in [0.29, 0.717) is 5.92 Å². The fourth-order valence-corrected chi connectivity index (χ4v) is 1.81. The van der Waals surface area contributed by atoms with Crippen LogP contribution >= 0.6 is 0 Å². The number of hydrogen-bond acceptors (Lipinski definition) is 1. The van der Waals surface area contributed by atoms with Gasteiger partial charge < -0.3 is 9.85 Å². The lowest BCUT2D eigenvalue weighted by atomic mass is 10.1. The highest BCUT2D eigenvalue weighted by Gasteiger charge is 2.20. The van der Waals surface area contributed by atoms with E-state index >= 15 is 0 Å². The lowest BCUT2D eigenvalue weighted by molar-refractivity contribution is -0.885. The molecule has 1 rings (SSSR count). The van der Waals surface area contributed by atoms with Crippen LogP contribution in [0.5, 0.6) is 0 Å². The summed E-state index contributed by atoms with van der Waals surface area (Å²) in [6, 6.07) is 0. The van der Waals surface area contributed by atoms with Gasteiger partial charge in [0, 0.05) is 0 Å². The van der Waals surface area contributed by atoms with Crippen molar-refractivity contribution >= 4 is 0 Å². The summed E-state index contributed by atoms with van der Waals surface area (Å²) in [4.78, 5) is 0. The summed E-state index contributed by atoms with van der Waals surface area (Å²) in [6.45, 7) is 6.96. The molecule has 1 aliphatic heterocycles. The molecule has 0 bridgehead atoms. The predicted molar refractivity (Wildman–Crippen MR) is 51.5 cm³/mol. The summed E-state index contributed by atoms with van der Waals surface area (Å²) in [7, 11) is 0. The van der Waals surface area contributed by atoms with E-state index in [9.17, 15) is 5.21 Å². The standard InChI is InChI=1S/C10H21NO/c1-10(2)6-9-11(12)7-4-3-5-8-11/h10H,3-9H2,1-2H3.